The molecule has 0 aliphatic rings. The number of rotatable bonds is 2. The smallest absolute Gasteiger partial charge is 0.118 e. The van der Waals surface area contributed by atoms with E-state index in [1.165, 1.54) is 11.1 Å². The molecule has 64 valence electrons. The summed E-state index contributed by atoms with van der Waals surface area (Å²) in [7, 11) is 1.68. The van der Waals surface area contributed by atoms with Gasteiger partial charge in [-0.3, -0.25) is 0 Å². The van der Waals surface area contributed by atoms with Crippen LogP contribution in [0.3, 0.4) is 0 Å². The second-order valence-electron chi connectivity index (χ2n) is 2.70. The van der Waals surface area contributed by atoms with Gasteiger partial charge < -0.3 is 4.74 Å². The molecular weight excluding hydrogens is 148 g/mol. The largest absolute Gasteiger partial charge is 0.497 e. The lowest BCUT2D eigenvalue weighted by Crippen LogP contribution is -1.83. The van der Waals surface area contributed by atoms with Crippen LogP contribution in [-0.4, -0.2) is 7.11 Å². The SMILES string of the molecule is C/C=C(/C)c1ccc(OC)cc1. The summed E-state index contributed by atoms with van der Waals surface area (Å²) in [5.74, 6) is 0.905. The van der Waals surface area contributed by atoms with Gasteiger partial charge in [-0.25, -0.2) is 0 Å². The highest BCUT2D eigenvalue weighted by Gasteiger charge is 1.94. The lowest BCUT2D eigenvalue weighted by atomic mass is 10.1. The average Bonchev–Trinajstić information content (AvgIpc) is 2.17. The Bertz CT molecular complexity index is 270. The fraction of sp³-hybridized carbons (Fsp3) is 0.273. The van der Waals surface area contributed by atoms with Crippen LogP contribution < -0.4 is 4.74 Å². The van der Waals surface area contributed by atoms with Crippen molar-refractivity contribution < 1.29 is 4.74 Å². The van der Waals surface area contributed by atoms with Gasteiger partial charge in [0.1, 0.15) is 5.75 Å². The third kappa shape index (κ3) is 1.88. The van der Waals surface area contributed by atoms with Gasteiger partial charge in [0.15, 0.2) is 0 Å². The summed E-state index contributed by atoms with van der Waals surface area (Å²) in [5, 5.41) is 0. The van der Waals surface area contributed by atoms with E-state index in [0.29, 0.717) is 0 Å². The van der Waals surface area contributed by atoms with Crippen LogP contribution in [0.1, 0.15) is 19.4 Å². The Morgan fingerprint density at radius 3 is 2.25 bits per heavy atom. The lowest BCUT2D eigenvalue weighted by Gasteiger charge is -2.02. The van der Waals surface area contributed by atoms with Crippen LogP contribution in [0.25, 0.3) is 5.57 Å². The molecule has 1 nitrogen and oxygen atoms in total. The van der Waals surface area contributed by atoms with Crippen LogP contribution >= 0.6 is 0 Å². The van der Waals surface area contributed by atoms with Crippen LogP contribution in [0, 0.1) is 0 Å². The van der Waals surface area contributed by atoms with Gasteiger partial charge in [-0.05, 0) is 37.1 Å². The molecule has 1 heteroatoms. The standard InChI is InChI=1S/C11H14O/c1-4-9(2)10-5-7-11(12-3)8-6-10/h4-8H,1-3H3/b9-4-. The summed E-state index contributed by atoms with van der Waals surface area (Å²) >= 11 is 0. The topological polar surface area (TPSA) is 9.23 Å². The van der Waals surface area contributed by atoms with Gasteiger partial charge in [0.2, 0.25) is 0 Å². The first kappa shape index (κ1) is 8.85. The molecule has 1 aromatic rings. The van der Waals surface area contributed by atoms with Crippen LogP contribution in [-0.2, 0) is 0 Å². The normalized spacial score (nSPS) is 11.4. The van der Waals surface area contributed by atoms with Gasteiger partial charge in [0.05, 0.1) is 7.11 Å². The Morgan fingerprint density at radius 2 is 1.83 bits per heavy atom. The summed E-state index contributed by atoms with van der Waals surface area (Å²) in [6.45, 7) is 4.14. The highest BCUT2D eigenvalue weighted by molar-refractivity contribution is 5.63. The first-order valence-electron chi connectivity index (χ1n) is 4.05. The van der Waals surface area contributed by atoms with E-state index in [0.717, 1.165) is 5.75 Å². The Kier molecular flexibility index (Phi) is 2.92. The van der Waals surface area contributed by atoms with Gasteiger partial charge in [0, 0.05) is 0 Å². The minimum atomic E-state index is 0.905. The number of benzene rings is 1. The van der Waals surface area contributed by atoms with E-state index in [9.17, 15) is 0 Å². The van der Waals surface area contributed by atoms with Crippen LogP contribution in [0.15, 0.2) is 30.3 Å². The first-order valence-corrected chi connectivity index (χ1v) is 4.05. The molecule has 0 amide bonds. The van der Waals surface area contributed by atoms with Gasteiger partial charge in [-0.15, -0.1) is 0 Å². The second-order valence-corrected chi connectivity index (χ2v) is 2.70. The van der Waals surface area contributed by atoms with Crippen molar-refractivity contribution in [3.8, 4) is 5.75 Å². The molecule has 0 unspecified atom stereocenters. The molecule has 0 fully saturated rings. The zero-order valence-electron chi connectivity index (χ0n) is 7.79. The maximum atomic E-state index is 5.06. The molecule has 0 N–H and O–H groups in total. The predicted molar refractivity (Wildman–Crippen MR) is 52.3 cm³/mol. The molecular formula is C11H14O. The van der Waals surface area contributed by atoms with Gasteiger partial charge in [-0.1, -0.05) is 18.2 Å². The van der Waals surface area contributed by atoms with Crippen molar-refractivity contribution in [3.63, 3.8) is 0 Å². The van der Waals surface area contributed by atoms with E-state index in [1.807, 2.05) is 19.1 Å². The molecule has 12 heavy (non-hydrogen) atoms. The number of ether oxygens (including phenoxy) is 1. The Morgan fingerprint density at radius 1 is 1.25 bits per heavy atom. The summed E-state index contributed by atoms with van der Waals surface area (Å²) in [4.78, 5) is 0. The number of allylic oxidation sites excluding steroid dienone is 2. The molecule has 0 aliphatic carbocycles. The predicted octanol–water partition coefficient (Wildman–Crippen LogP) is 3.12. The molecule has 0 saturated heterocycles. The maximum Gasteiger partial charge on any atom is 0.118 e. The van der Waals surface area contributed by atoms with E-state index >= 15 is 0 Å². The molecule has 1 aromatic carbocycles. The summed E-state index contributed by atoms with van der Waals surface area (Å²) < 4.78 is 5.06. The number of hydrogen-bond acceptors (Lipinski definition) is 1. The van der Waals surface area contributed by atoms with Crippen LogP contribution in [0.4, 0.5) is 0 Å². The van der Waals surface area contributed by atoms with Gasteiger partial charge in [0.25, 0.3) is 0 Å². The number of methoxy groups -OCH3 is 1. The van der Waals surface area contributed by atoms with Crippen molar-refractivity contribution in [2.45, 2.75) is 13.8 Å². The lowest BCUT2D eigenvalue weighted by molar-refractivity contribution is 0.415. The summed E-state index contributed by atoms with van der Waals surface area (Å²) in [6.07, 6.45) is 2.10. The molecule has 0 aromatic heterocycles. The van der Waals surface area contributed by atoms with Crippen LogP contribution in [0.5, 0.6) is 5.75 Å². The zero-order valence-corrected chi connectivity index (χ0v) is 7.79. The zero-order chi connectivity index (χ0) is 8.97. The van der Waals surface area contributed by atoms with E-state index < -0.39 is 0 Å². The van der Waals surface area contributed by atoms with E-state index in [1.54, 1.807) is 7.11 Å². The molecule has 0 bridgehead atoms. The van der Waals surface area contributed by atoms with E-state index in [-0.39, 0.29) is 0 Å². The second kappa shape index (κ2) is 3.96. The molecule has 1 rings (SSSR count). The number of hydrogen-bond donors (Lipinski definition) is 0. The fourth-order valence-electron chi connectivity index (χ4n) is 1.02. The van der Waals surface area contributed by atoms with Gasteiger partial charge in [-0.2, -0.15) is 0 Å². The van der Waals surface area contributed by atoms with Gasteiger partial charge >= 0.3 is 0 Å². The van der Waals surface area contributed by atoms with Crippen molar-refractivity contribution in [1.82, 2.24) is 0 Å². The Hall–Kier alpha value is -1.24. The molecule has 0 atom stereocenters. The van der Waals surface area contributed by atoms with E-state index in [4.69, 9.17) is 4.74 Å². The molecule has 0 radical (unpaired) electrons. The maximum absolute atomic E-state index is 5.06. The highest BCUT2D eigenvalue weighted by atomic mass is 16.5. The van der Waals surface area contributed by atoms with Crippen molar-refractivity contribution in [2.24, 2.45) is 0 Å². The fourth-order valence-corrected chi connectivity index (χ4v) is 1.02. The Balaban J connectivity index is 2.92. The van der Waals surface area contributed by atoms with Crippen LogP contribution in [0.2, 0.25) is 0 Å². The van der Waals surface area contributed by atoms with Crippen molar-refractivity contribution >= 4 is 5.57 Å². The summed E-state index contributed by atoms with van der Waals surface area (Å²) in [5.41, 5.74) is 2.54. The van der Waals surface area contributed by atoms with Crippen molar-refractivity contribution in [3.05, 3.63) is 35.9 Å². The van der Waals surface area contributed by atoms with E-state index in [2.05, 4.69) is 25.1 Å². The molecule has 0 saturated carbocycles. The molecule has 0 spiro atoms. The van der Waals surface area contributed by atoms with Crippen molar-refractivity contribution in [2.75, 3.05) is 7.11 Å². The minimum absolute atomic E-state index is 0.905. The first-order chi connectivity index (χ1) is 5.77. The highest BCUT2D eigenvalue weighted by Crippen LogP contribution is 2.17. The average molecular weight is 162 g/mol. The molecule has 0 aliphatic heterocycles. The third-order valence-electron chi connectivity index (χ3n) is 1.98. The quantitative estimate of drug-likeness (QED) is 0.649. The molecule has 0 heterocycles. The van der Waals surface area contributed by atoms with Crippen molar-refractivity contribution in [1.29, 1.82) is 0 Å². The summed E-state index contributed by atoms with van der Waals surface area (Å²) in [6, 6.07) is 8.08. The third-order valence-corrected chi connectivity index (χ3v) is 1.98. The monoisotopic (exact) mass is 162 g/mol. The minimum Gasteiger partial charge on any atom is -0.497 e. The Labute approximate surface area is 73.7 Å².